The molecule has 3 aromatic heterocycles. The van der Waals surface area contributed by atoms with Gasteiger partial charge in [-0.3, -0.25) is 4.57 Å². The summed E-state index contributed by atoms with van der Waals surface area (Å²) in [5.41, 5.74) is 4.64. The van der Waals surface area contributed by atoms with E-state index >= 15 is 0 Å². The van der Waals surface area contributed by atoms with Gasteiger partial charge in [-0.1, -0.05) is 42.5 Å². The van der Waals surface area contributed by atoms with Crippen molar-refractivity contribution in [3.63, 3.8) is 0 Å². The zero-order chi connectivity index (χ0) is 23.0. The Bertz CT molecular complexity index is 1560. The minimum atomic E-state index is -3.79. The summed E-state index contributed by atoms with van der Waals surface area (Å²) in [5, 5.41) is 14.2. The molecule has 0 saturated heterocycles. The molecule has 168 valence electrons. The van der Waals surface area contributed by atoms with Gasteiger partial charge >= 0.3 is 0 Å². The van der Waals surface area contributed by atoms with Gasteiger partial charge < -0.3 is 5.32 Å². The number of benzene rings is 2. The molecule has 0 bridgehead atoms. The molecule has 0 spiro atoms. The summed E-state index contributed by atoms with van der Waals surface area (Å²) in [7, 11) is -3.79. The van der Waals surface area contributed by atoms with Gasteiger partial charge in [0.2, 0.25) is 0 Å². The van der Waals surface area contributed by atoms with Crippen LogP contribution >= 0.6 is 0 Å². The van der Waals surface area contributed by atoms with Gasteiger partial charge in [0.25, 0.3) is 16.2 Å². The smallest absolute Gasteiger partial charge is 0.274 e. The van der Waals surface area contributed by atoms with Crippen molar-refractivity contribution in [2.75, 3.05) is 5.32 Å². The number of anilines is 1. The first-order valence-corrected chi connectivity index (χ1v) is 11.9. The van der Waals surface area contributed by atoms with Crippen LogP contribution in [0.5, 0.6) is 0 Å². The fourth-order valence-electron chi connectivity index (χ4n) is 3.95. The molecule has 3 heterocycles. The van der Waals surface area contributed by atoms with Gasteiger partial charge in [-0.2, -0.15) is 18.1 Å². The maximum Gasteiger partial charge on any atom is 0.274 e. The number of nitrogens with zero attached hydrogens (tertiary/aromatic N) is 4. The Morgan fingerprint density at radius 1 is 0.970 bits per heavy atom. The lowest BCUT2D eigenvalue weighted by Gasteiger charge is -2.12. The second-order valence-electron chi connectivity index (χ2n) is 7.77. The number of hydrogen-bond acceptors (Lipinski definition) is 5. The topological polar surface area (TPSA) is 119 Å². The van der Waals surface area contributed by atoms with Crippen LogP contribution in [0.2, 0.25) is 0 Å². The molecule has 0 atom stereocenters. The van der Waals surface area contributed by atoms with Crippen LogP contribution in [0.4, 0.5) is 5.82 Å². The van der Waals surface area contributed by atoms with Crippen LogP contribution in [0.25, 0.3) is 22.4 Å². The first kappa shape index (κ1) is 21.1. The highest BCUT2D eigenvalue weighted by molar-refractivity contribution is 7.87. The molecule has 0 saturated carbocycles. The lowest BCUT2D eigenvalue weighted by molar-refractivity contribution is 0.583. The highest BCUT2D eigenvalue weighted by Crippen LogP contribution is 2.27. The van der Waals surface area contributed by atoms with E-state index in [0.29, 0.717) is 12.5 Å². The SMILES string of the molecule is Cc1cc2c(CNS(N)(=O)=O)cccc2n1-c1nc(NCc2ccccc2)c2cccn2n1. The Labute approximate surface area is 191 Å². The molecule has 5 aromatic rings. The predicted octanol–water partition coefficient (Wildman–Crippen LogP) is 2.89. The van der Waals surface area contributed by atoms with Gasteiger partial charge in [-0.05, 0) is 42.3 Å². The van der Waals surface area contributed by atoms with Crippen LogP contribution in [0.15, 0.2) is 72.9 Å². The fourth-order valence-corrected chi connectivity index (χ4v) is 4.31. The third kappa shape index (κ3) is 4.31. The minimum Gasteiger partial charge on any atom is -0.364 e. The number of nitrogens with two attached hydrogens (primary N) is 1. The van der Waals surface area contributed by atoms with Crippen LogP contribution in [0.3, 0.4) is 0 Å². The minimum absolute atomic E-state index is 0.0982. The van der Waals surface area contributed by atoms with Crippen LogP contribution < -0.4 is 15.2 Å². The summed E-state index contributed by atoms with van der Waals surface area (Å²) in [6.07, 6.45) is 1.89. The van der Waals surface area contributed by atoms with Crippen molar-refractivity contribution in [2.24, 2.45) is 5.14 Å². The van der Waals surface area contributed by atoms with E-state index in [1.165, 1.54) is 0 Å². The van der Waals surface area contributed by atoms with Gasteiger partial charge in [0.15, 0.2) is 5.82 Å². The summed E-state index contributed by atoms with van der Waals surface area (Å²) in [5.74, 6) is 1.24. The highest BCUT2D eigenvalue weighted by Gasteiger charge is 2.16. The Balaban J connectivity index is 1.57. The van der Waals surface area contributed by atoms with Crippen molar-refractivity contribution in [3.05, 3.63) is 89.7 Å². The maximum atomic E-state index is 11.4. The van der Waals surface area contributed by atoms with E-state index in [0.717, 1.165) is 39.1 Å². The van der Waals surface area contributed by atoms with Gasteiger partial charge in [-0.25, -0.2) is 9.65 Å². The van der Waals surface area contributed by atoms with E-state index < -0.39 is 10.2 Å². The quantitative estimate of drug-likeness (QED) is 0.344. The third-order valence-corrected chi connectivity index (χ3v) is 6.01. The molecule has 33 heavy (non-hydrogen) atoms. The summed E-state index contributed by atoms with van der Waals surface area (Å²) in [4.78, 5) is 4.84. The fraction of sp³-hybridized carbons (Fsp3) is 0.130. The van der Waals surface area contributed by atoms with Crippen molar-refractivity contribution >= 4 is 32.4 Å². The lowest BCUT2D eigenvalue weighted by Crippen LogP contribution is -2.30. The van der Waals surface area contributed by atoms with Gasteiger partial charge in [0.1, 0.15) is 5.52 Å². The van der Waals surface area contributed by atoms with E-state index in [4.69, 9.17) is 15.2 Å². The third-order valence-electron chi connectivity index (χ3n) is 5.47. The normalized spacial score (nSPS) is 11.9. The number of nitrogens with one attached hydrogen (secondary N) is 2. The number of aromatic nitrogens is 4. The van der Waals surface area contributed by atoms with E-state index in [2.05, 4.69) is 22.2 Å². The average Bonchev–Trinajstić information content (AvgIpc) is 3.39. The molecule has 10 heteroatoms. The molecule has 5 rings (SSSR count). The van der Waals surface area contributed by atoms with Crippen LogP contribution in [-0.4, -0.2) is 27.6 Å². The van der Waals surface area contributed by atoms with Crippen LogP contribution in [-0.2, 0) is 23.3 Å². The highest BCUT2D eigenvalue weighted by atomic mass is 32.2. The Morgan fingerprint density at radius 2 is 1.76 bits per heavy atom. The molecule has 0 unspecified atom stereocenters. The van der Waals surface area contributed by atoms with E-state index in [-0.39, 0.29) is 6.54 Å². The molecule has 0 aliphatic heterocycles. The largest absolute Gasteiger partial charge is 0.364 e. The van der Waals surface area contributed by atoms with Crippen LogP contribution in [0.1, 0.15) is 16.8 Å². The second-order valence-corrected chi connectivity index (χ2v) is 9.15. The van der Waals surface area contributed by atoms with E-state index in [1.54, 1.807) is 4.52 Å². The monoisotopic (exact) mass is 461 g/mol. The lowest BCUT2D eigenvalue weighted by atomic mass is 10.1. The van der Waals surface area contributed by atoms with Crippen LogP contribution in [0, 0.1) is 6.92 Å². The van der Waals surface area contributed by atoms with Crippen molar-refractivity contribution < 1.29 is 8.42 Å². The molecule has 2 aromatic carbocycles. The molecule has 9 nitrogen and oxygen atoms in total. The van der Waals surface area contributed by atoms with Crippen molar-refractivity contribution in [2.45, 2.75) is 20.0 Å². The number of rotatable bonds is 7. The van der Waals surface area contributed by atoms with Crippen molar-refractivity contribution in [3.8, 4) is 5.95 Å². The molecular weight excluding hydrogens is 438 g/mol. The number of aryl methyl sites for hydroxylation is 1. The molecule has 0 radical (unpaired) electrons. The summed E-state index contributed by atoms with van der Waals surface area (Å²) >= 11 is 0. The first-order valence-electron chi connectivity index (χ1n) is 10.4. The average molecular weight is 462 g/mol. The molecular formula is C23H23N7O2S. The number of fused-ring (bicyclic) bond motifs is 2. The molecule has 4 N–H and O–H groups in total. The molecule has 0 aliphatic rings. The van der Waals surface area contributed by atoms with E-state index in [9.17, 15) is 8.42 Å². The predicted molar refractivity (Wildman–Crippen MR) is 128 cm³/mol. The Kier molecular flexibility index (Phi) is 5.33. The summed E-state index contributed by atoms with van der Waals surface area (Å²) in [6.45, 7) is 2.70. The molecule has 0 amide bonds. The summed E-state index contributed by atoms with van der Waals surface area (Å²) in [6, 6.07) is 21.7. The molecule has 0 aliphatic carbocycles. The second kappa shape index (κ2) is 8.32. The molecule has 0 fully saturated rings. The van der Waals surface area contributed by atoms with Gasteiger partial charge in [-0.15, -0.1) is 5.10 Å². The summed E-state index contributed by atoms with van der Waals surface area (Å²) < 4.78 is 28.8. The number of hydrogen-bond donors (Lipinski definition) is 3. The Hall–Kier alpha value is -3.73. The first-order chi connectivity index (χ1) is 15.9. The van der Waals surface area contributed by atoms with Crippen molar-refractivity contribution in [1.82, 2.24) is 23.9 Å². The zero-order valence-electron chi connectivity index (χ0n) is 17.9. The van der Waals surface area contributed by atoms with Crippen molar-refractivity contribution in [1.29, 1.82) is 0 Å². The Morgan fingerprint density at radius 3 is 2.55 bits per heavy atom. The standard InChI is InChI=1S/C23H23N7O2S/c1-16-13-19-18(15-26-33(24,31)32)9-5-10-20(19)30(16)23-27-22(21-11-6-12-29(21)28-23)25-14-17-7-3-2-4-8-17/h2-13,26H,14-15H2,1H3,(H2,24,31,32)(H,25,27,28). The van der Waals surface area contributed by atoms with Gasteiger partial charge in [0.05, 0.1) is 5.52 Å². The van der Waals surface area contributed by atoms with Gasteiger partial charge in [0, 0.05) is 30.4 Å². The zero-order valence-corrected chi connectivity index (χ0v) is 18.7. The van der Waals surface area contributed by atoms with E-state index in [1.807, 2.05) is 72.3 Å². The maximum absolute atomic E-state index is 11.4.